The Morgan fingerprint density at radius 1 is 1.35 bits per heavy atom. The van der Waals surface area contributed by atoms with Crippen molar-refractivity contribution < 1.29 is 22.7 Å². The molecule has 0 aliphatic rings. The van der Waals surface area contributed by atoms with Crippen molar-refractivity contribution in [2.24, 2.45) is 5.73 Å². The quantitative estimate of drug-likeness (QED) is 0.401. The third-order valence-corrected chi connectivity index (χ3v) is 4.05. The van der Waals surface area contributed by atoms with Crippen LogP contribution in [0.4, 0.5) is 0 Å². The first-order valence-electron chi connectivity index (χ1n) is 6.28. The van der Waals surface area contributed by atoms with Crippen molar-refractivity contribution in [2.45, 2.75) is 13.3 Å². The molecule has 0 aliphatic carbocycles. The molecule has 0 saturated carbocycles. The monoisotopic (exact) mass is 306 g/mol. The van der Waals surface area contributed by atoms with Gasteiger partial charge in [-0.05, 0) is 6.92 Å². The number of rotatable bonds is 11. The lowest BCUT2D eigenvalue weighted by Gasteiger charge is -2.19. The van der Waals surface area contributed by atoms with Crippen LogP contribution in [0.5, 0.6) is 0 Å². The van der Waals surface area contributed by atoms with Gasteiger partial charge in [-0.25, -0.2) is 8.42 Å². The number of esters is 1. The fraction of sp³-hybridized carbons (Fsp3) is 0.667. The molecule has 7 nitrogen and oxygen atoms in total. The molecule has 0 saturated heterocycles. The van der Waals surface area contributed by atoms with Crippen LogP contribution in [0.15, 0.2) is 12.7 Å². The van der Waals surface area contributed by atoms with E-state index in [2.05, 4.69) is 6.58 Å². The lowest BCUT2D eigenvalue weighted by Crippen LogP contribution is -2.35. The minimum absolute atomic E-state index is 0.00516. The van der Waals surface area contributed by atoms with Gasteiger partial charge in [0.15, 0.2) is 9.84 Å². The highest BCUT2D eigenvalue weighted by Crippen LogP contribution is 1.98. The molecule has 2 N–H and O–H groups in total. The van der Waals surface area contributed by atoms with Gasteiger partial charge in [0.1, 0.15) is 0 Å². The Morgan fingerprint density at radius 2 is 2.00 bits per heavy atom. The van der Waals surface area contributed by atoms with Gasteiger partial charge >= 0.3 is 5.97 Å². The molecule has 8 heteroatoms. The molecular weight excluding hydrogens is 284 g/mol. The van der Waals surface area contributed by atoms with E-state index in [1.807, 2.05) is 0 Å². The Bertz CT molecular complexity index is 433. The summed E-state index contributed by atoms with van der Waals surface area (Å²) in [5.74, 6) is -1.48. The number of hydrogen-bond donors (Lipinski definition) is 1. The van der Waals surface area contributed by atoms with Gasteiger partial charge < -0.3 is 10.5 Å². The summed E-state index contributed by atoms with van der Waals surface area (Å²) in [7, 11) is -3.37. The molecule has 116 valence electrons. The fourth-order valence-electron chi connectivity index (χ4n) is 1.43. The first-order valence-corrected chi connectivity index (χ1v) is 8.10. The second-order valence-corrected chi connectivity index (χ2v) is 6.50. The lowest BCUT2D eigenvalue weighted by molar-refractivity contribution is -0.144. The zero-order chi connectivity index (χ0) is 15.6. The zero-order valence-corrected chi connectivity index (χ0v) is 12.5. The average Bonchev–Trinajstić information content (AvgIpc) is 2.34. The summed E-state index contributed by atoms with van der Waals surface area (Å²) in [6.07, 6.45) is 1.39. The normalized spacial score (nSPS) is 11.3. The van der Waals surface area contributed by atoms with Crippen LogP contribution >= 0.6 is 0 Å². The molecule has 0 radical (unpaired) electrons. The molecule has 20 heavy (non-hydrogen) atoms. The summed E-state index contributed by atoms with van der Waals surface area (Å²) in [5, 5.41) is 0. The summed E-state index contributed by atoms with van der Waals surface area (Å²) < 4.78 is 28.2. The van der Waals surface area contributed by atoms with Crippen LogP contribution in [-0.4, -0.2) is 62.9 Å². The highest BCUT2D eigenvalue weighted by Gasteiger charge is 2.16. The molecule has 0 unspecified atom stereocenters. The number of nitrogens with two attached hydrogens (primary N) is 1. The lowest BCUT2D eigenvalue weighted by atomic mass is 10.4. The third kappa shape index (κ3) is 9.51. The average molecular weight is 306 g/mol. The molecule has 0 rings (SSSR count). The van der Waals surface area contributed by atoms with Gasteiger partial charge in [-0.2, -0.15) is 0 Å². The molecule has 0 spiro atoms. The minimum Gasteiger partial charge on any atom is -0.465 e. The summed E-state index contributed by atoms with van der Waals surface area (Å²) >= 11 is 0. The first-order chi connectivity index (χ1) is 9.30. The number of hydrogen-bond acceptors (Lipinski definition) is 6. The maximum atomic E-state index is 11.7. The summed E-state index contributed by atoms with van der Waals surface area (Å²) in [5.41, 5.74) is 4.91. The van der Waals surface area contributed by atoms with Crippen LogP contribution in [0.1, 0.15) is 13.3 Å². The number of sulfone groups is 1. The zero-order valence-electron chi connectivity index (χ0n) is 11.7. The van der Waals surface area contributed by atoms with Crippen molar-refractivity contribution in [1.29, 1.82) is 0 Å². The standard InChI is InChI=1S/C12H22N2O5S/c1-3-6-14(10-12(16)19-4-2)7-9-20(17,18)8-5-11(13)15/h3H,1,4-10H2,2H3,(H2,13,15). The Kier molecular flexibility index (Phi) is 8.82. The van der Waals surface area contributed by atoms with E-state index >= 15 is 0 Å². The van der Waals surface area contributed by atoms with E-state index in [0.29, 0.717) is 6.54 Å². The molecule has 0 aliphatic heterocycles. The maximum Gasteiger partial charge on any atom is 0.320 e. The van der Waals surface area contributed by atoms with Crippen LogP contribution in [0.2, 0.25) is 0 Å². The molecule has 0 atom stereocenters. The van der Waals surface area contributed by atoms with Crippen molar-refractivity contribution in [3.05, 3.63) is 12.7 Å². The molecule has 0 aromatic heterocycles. The number of carbonyl (C=O) groups is 2. The predicted octanol–water partition coefficient (Wildman–Crippen LogP) is -0.672. The Morgan fingerprint density at radius 3 is 2.50 bits per heavy atom. The molecule has 0 aromatic rings. The SMILES string of the molecule is C=CCN(CCS(=O)(=O)CCC(N)=O)CC(=O)OCC. The Labute approximate surface area is 119 Å². The number of carbonyl (C=O) groups excluding carboxylic acids is 2. The van der Waals surface area contributed by atoms with Crippen molar-refractivity contribution in [1.82, 2.24) is 4.90 Å². The van der Waals surface area contributed by atoms with Gasteiger partial charge in [0.25, 0.3) is 0 Å². The highest BCUT2D eigenvalue weighted by atomic mass is 32.2. The van der Waals surface area contributed by atoms with Gasteiger partial charge in [-0.1, -0.05) is 6.08 Å². The number of ether oxygens (including phenoxy) is 1. The summed E-state index contributed by atoms with van der Waals surface area (Å²) in [6.45, 7) is 6.08. The van der Waals surface area contributed by atoms with E-state index in [4.69, 9.17) is 10.5 Å². The fourth-order valence-corrected chi connectivity index (χ4v) is 2.69. The van der Waals surface area contributed by atoms with E-state index in [-0.39, 0.29) is 37.6 Å². The first kappa shape index (κ1) is 18.6. The minimum atomic E-state index is -3.37. The van der Waals surface area contributed by atoms with Crippen molar-refractivity contribution in [3.8, 4) is 0 Å². The van der Waals surface area contributed by atoms with Gasteiger partial charge in [0.2, 0.25) is 5.91 Å². The van der Waals surface area contributed by atoms with Gasteiger partial charge in [-0.3, -0.25) is 14.5 Å². The van der Waals surface area contributed by atoms with Crippen LogP contribution in [0, 0.1) is 0 Å². The number of nitrogens with zero attached hydrogens (tertiary/aromatic N) is 1. The van der Waals surface area contributed by atoms with E-state index < -0.39 is 21.7 Å². The van der Waals surface area contributed by atoms with Gasteiger partial charge in [-0.15, -0.1) is 6.58 Å². The maximum absolute atomic E-state index is 11.7. The largest absolute Gasteiger partial charge is 0.465 e. The Hall–Kier alpha value is -1.41. The van der Waals surface area contributed by atoms with E-state index in [0.717, 1.165) is 0 Å². The molecule has 0 aromatic carbocycles. The van der Waals surface area contributed by atoms with Crippen molar-refractivity contribution in [2.75, 3.05) is 37.7 Å². The Balaban J connectivity index is 4.34. The van der Waals surface area contributed by atoms with Crippen LogP contribution in [0.25, 0.3) is 0 Å². The second kappa shape index (κ2) is 9.49. The van der Waals surface area contributed by atoms with Crippen LogP contribution in [-0.2, 0) is 24.2 Å². The van der Waals surface area contributed by atoms with Gasteiger partial charge in [0, 0.05) is 19.5 Å². The van der Waals surface area contributed by atoms with E-state index in [1.54, 1.807) is 17.9 Å². The smallest absolute Gasteiger partial charge is 0.320 e. The molecule has 1 amide bonds. The molecule has 0 heterocycles. The second-order valence-electron chi connectivity index (χ2n) is 4.20. The number of amides is 1. The molecule has 0 bridgehead atoms. The number of primary amides is 1. The molecule has 0 fully saturated rings. The predicted molar refractivity (Wildman–Crippen MR) is 75.7 cm³/mol. The van der Waals surface area contributed by atoms with Crippen molar-refractivity contribution in [3.63, 3.8) is 0 Å². The topological polar surface area (TPSA) is 107 Å². The van der Waals surface area contributed by atoms with E-state index in [1.165, 1.54) is 0 Å². The van der Waals surface area contributed by atoms with Crippen molar-refractivity contribution >= 4 is 21.7 Å². The van der Waals surface area contributed by atoms with Crippen LogP contribution < -0.4 is 5.73 Å². The summed E-state index contributed by atoms with van der Waals surface area (Å²) in [4.78, 5) is 23.6. The third-order valence-electron chi connectivity index (χ3n) is 2.42. The van der Waals surface area contributed by atoms with E-state index in [9.17, 15) is 18.0 Å². The molecular formula is C12H22N2O5S. The highest BCUT2D eigenvalue weighted by molar-refractivity contribution is 7.91. The summed E-state index contributed by atoms with van der Waals surface area (Å²) in [6, 6.07) is 0. The van der Waals surface area contributed by atoms with Gasteiger partial charge in [0.05, 0.1) is 24.7 Å². The van der Waals surface area contributed by atoms with Crippen LogP contribution in [0.3, 0.4) is 0 Å².